The Bertz CT molecular complexity index is 1120. The number of carbonyl (C=O) groups is 1. The van der Waals surface area contributed by atoms with Gasteiger partial charge in [0.2, 0.25) is 11.8 Å². The highest BCUT2D eigenvalue weighted by molar-refractivity contribution is 5.91. The minimum atomic E-state index is -0.150. The van der Waals surface area contributed by atoms with Crippen molar-refractivity contribution in [2.75, 3.05) is 31.6 Å². The number of furan rings is 1. The molecule has 0 bridgehead atoms. The number of hydrogen-bond donors (Lipinski definition) is 0. The van der Waals surface area contributed by atoms with Crippen LogP contribution < -0.4 is 14.4 Å². The van der Waals surface area contributed by atoms with Gasteiger partial charge >= 0.3 is 0 Å². The molecule has 33 heavy (non-hydrogen) atoms. The van der Waals surface area contributed by atoms with Crippen molar-refractivity contribution in [2.45, 2.75) is 32.7 Å². The summed E-state index contributed by atoms with van der Waals surface area (Å²) >= 11 is 0. The zero-order valence-corrected chi connectivity index (χ0v) is 19.0. The Labute approximate surface area is 193 Å². The van der Waals surface area contributed by atoms with Gasteiger partial charge in [0.05, 0.1) is 31.2 Å². The number of anilines is 1. The maximum absolute atomic E-state index is 12.9. The average molecular weight is 449 g/mol. The molecule has 1 saturated heterocycles. The number of ether oxygens (including phenoxy) is 2. The maximum atomic E-state index is 12.9. The molecule has 2 aliphatic heterocycles. The van der Waals surface area contributed by atoms with Gasteiger partial charge in [-0.2, -0.15) is 4.98 Å². The van der Waals surface area contributed by atoms with Crippen LogP contribution in [0.4, 0.5) is 5.95 Å². The molecule has 0 N–H and O–H groups in total. The van der Waals surface area contributed by atoms with Gasteiger partial charge in [-0.1, -0.05) is 19.1 Å². The van der Waals surface area contributed by atoms with Crippen molar-refractivity contribution in [3.05, 3.63) is 59.7 Å². The van der Waals surface area contributed by atoms with Crippen LogP contribution in [0.2, 0.25) is 0 Å². The number of para-hydroxylation sites is 2. The molecule has 2 aromatic heterocycles. The number of rotatable bonds is 5. The molecular weight excluding hydrogens is 420 g/mol. The lowest BCUT2D eigenvalue weighted by Crippen LogP contribution is -2.38. The second-order valence-electron chi connectivity index (χ2n) is 8.63. The maximum Gasteiger partial charge on any atom is 0.289 e. The van der Waals surface area contributed by atoms with Gasteiger partial charge in [-0.05, 0) is 43.0 Å². The van der Waals surface area contributed by atoms with E-state index in [9.17, 15) is 4.79 Å². The van der Waals surface area contributed by atoms with Crippen LogP contribution in [0, 0.1) is 5.92 Å². The normalized spacial score (nSPS) is 16.4. The summed E-state index contributed by atoms with van der Waals surface area (Å²) in [6.07, 6.45) is 4.38. The highest BCUT2D eigenvalue weighted by Crippen LogP contribution is 2.36. The van der Waals surface area contributed by atoms with E-state index in [-0.39, 0.29) is 5.91 Å². The summed E-state index contributed by atoms with van der Waals surface area (Å²) in [5.41, 5.74) is 1.74. The number of benzene rings is 1. The van der Waals surface area contributed by atoms with Crippen molar-refractivity contribution < 1.29 is 18.7 Å². The number of hydrogen-bond acceptors (Lipinski definition) is 7. The molecule has 1 amide bonds. The van der Waals surface area contributed by atoms with Gasteiger partial charge in [-0.15, -0.1) is 0 Å². The standard InChI is InChI=1S/C25H28N4O4/c1-17-9-12-28(13-10-17)25-26-19-11-14-29(24(30)22-8-5-15-32-22)16-18(19)23(27-25)33-21-7-4-3-6-20(21)31-2/h3-8,15,17H,9-14,16H2,1-2H3. The minimum absolute atomic E-state index is 0.150. The van der Waals surface area contributed by atoms with E-state index in [1.165, 1.54) is 6.26 Å². The molecule has 5 rings (SSSR count). The van der Waals surface area contributed by atoms with Gasteiger partial charge in [0.1, 0.15) is 0 Å². The highest BCUT2D eigenvalue weighted by Gasteiger charge is 2.30. The molecule has 8 nitrogen and oxygen atoms in total. The first-order valence-electron chi connectivity index (χ1n) is 11.4. The molecule has 0 unspecified atom stereocenters. The van der Waals surface area contributed by atoms with Crippen LogP contribution in [-0.4, -0.2) is 47.5 Å². The molecule has 0 radical (unpaired) electrons. The van der Waals surface area contributed by atoms with E-state index in [2.05, 4.69) is 11.8 Å². The lowest BCUT2D eigenvalue weighted by Gasteiger charge is -2.33. The molecule has 4 heterocycles. The van der Waals surface area contributed by atoms with Gasteiger partial charge in [0.25, 0.3) is 5.91 Å². The van der Waals surface area contributed by atoms with E-state index in [4.69, 9.17) is 23.9 Å². The van der Waals surface area contributed by atoms with Gasteiger partial charge in [-0.25, -0.2) is 4.98 Å². The molecule has 1 fully saturated rings. The number of aromatic nitrogens is 2. The lowest BCUT2D eigenvalue weighted by atomic mass is 9.99. The molecule has 0 atom stereocenters. The monoisotopic (exact) mass is 448 g/mol. The summed E-state index contributed by atoms with van der Waals surface area (Å²) in [5.74, 6) is 3.25. The number of amides is 1. The molecule has 8 heteroatoms. The summed E-state index contributed by atoms with van der Waals surface area (Å²) in [7, 11) is 1.61. The Morgan fingerprint density at radius 1 is 1.06 bits per heavy atom. The first-order chi connectivity index (χ1) is 16.1. The quantitative estimate of drug-likeness (QED) is 0.575. The first-order valence-corrected chi connectivity index (χ1v) is 11.4. The van der Waals surface area contributed by atoms with E-state index < -0.39 is 0 Å². The Morgan fingerprint density at radius 3 is 2.58 bits per heavy atom. The zero-order valence-electron chi connectivity index (χ0n) is 19.0. The summed E-state index contributed by atoms with van der Waals surface area (Å²) < 4.78 is 17.1. The van der Waals surface area contributed by atoms with E-state index in [0.717, 1.165) is 37.2 Å². The number of methoxy groups -OCH3 is 1. The molecule has 0 aliphatic carbocycles. The van der Waals surface area contributed by atoms with Crippen molar-refractivity contribution in [3.8, 4) is 17.4 Å². The van der Waals surface area contributed by atoms with Crippen LogP contribution in [0.1, 0.15) is 41.6 Å². The van der Waals surface area contributed by atoms with Crippen LogP contribution in [-0.2, 0) is 13.0 Å². The van der Waals surface area contributed by atoms with Crippen LogP contribution in [0.5, 0.6) is 17.4 Å². The second-order valence-corrected chi connectivity index (χ2v) is 8.63. The molecule has 3 aromatic rings. The lowest BCUT2D eigenvalue weighted by molar-refractivity contribution is 0.0699. The number of carbonyl (C=O) groups excluding carboxylic acids is 1. The minimum Gasteiger partial charge on any atom is -0.493 e. The van der Waals surface area contributed by atoms with Crippen molar-refractivity contribution in [1.82, 2.24) is 14.9 Å². The first kappa shape index (κ1) is 21.3. The fourth-order valence-corrected chi connectivity index (χ4v) is 4.34. The van der Waals surface area contributed by atoms with Gasteiger partial charge < -0.3 is 23.7 Å². The summed E-state index contributed by atoms with van der Waals surface area (Å²) in [5, 5.41) is 0. The van der Waals surface area contributed by atoms with E-state index in [0.29, 0.717) is 54.5 Å². The molecule has 0 saturated carbocycles. The summed E-state index contributed by atoms with van der Waals surface area (Å²) in [6, 6.07) is 10.9. The number of piperidine rings is 1. The summed E-state index contributed by atoms with van der Waals surface area (Å²) in [6.45, 7) is 5.06. The topological polar surface area (TPSA) is 80.9 Å². The third-order valence-corrected chi connectivity index (χ3v) is 6.37. The zero-order chi connectivity index (χ0) is 22.8. The second kappa shape index (κ2) is 9.13. The van der Waals surface area contributed by atoms with Crippen molar-refractivity contribution >= 4 is 11.9 Å². The van der Waals surface area contributed by atoms with Crippen LogP contribution in [0.25, 0.3) is 0 Å². The SMILES string of the molecule is COc1ccccc1Oc1nc(N2CCC(C)CC2)nc2c1CN(C(=O)c1ccco1)CC2. The Morgan fingerprint density at radius 2 is 1.85 bits per heavy atom. The van der Waals surface area contributed by atoms with Crippen molar-refractivity contribution in [2.24, 2.45) is 5.92 Å². The summed E-state index contributed by atoms with van der Waals surface area (Å²) in [4.78, 5) is 26.6. The molecule has 1 aromatic carbocycles. The largest absolute Gasteiger partial charge is 0.493 e. The number of fused-ring (bicyclic) bond motifs is 1. The van der Waals surface area contributed by atoms with Gasteiger partial charge in [0, 0.05) is 26.1 Å². The third kappa shape index (κ3) is 4.37. The fourth-order valence-electron chi connectivity index (χ4n) is 4.34. The Kier molecular flexibility index (Phi) is 5.90. The van der Waals surface area contributed by atoms with Crippen LogP contribution >= 0.6 is 0 Å². The molecule has 0 spiro atoms. The predicted octanol–water partition coefficient (Wildman–Crippen LogP) is 4.31. The van der Waals surface area contributed by atoms with Crippen LogP contribution in [0.3, 0.4) is 0 Å². The Hall–Kier alpha value is -3.55. The fraction of sp³-hybridized carbons (Fsp3) is 0.400. The smallest absolute Gasteiger partial charge is 0.289 e. The van der Waals surface area contributed by atoms with Crippen molar-refractivity contribution in [1.29, 1.82) is 0 Å². The Balaban J connectivity index is 1.50. The molecule has 172 valence electrons. The van der Waals surface area contributed by atoms with Crippen LogP contribution in [0.15, 0.2) is 47.1 Å². The van der Waals surface area contributed by atoms with Gasteiger partial charge in [-0.3, -0.25) is 4.79 Å². The predicted molar refractivity (Wildman–Crippen MR) is 123 cm³/mol. The van der Waals surface area contributed by atoms with Gasteiger partial charge in [0.15, 0.2) is 17.3 Å². The van der Waals surface area contributed by atoms with E-state index in [1.807, 2.05) is 24.3 Å². The number of nitrogens with zero attached hydrogens (tertiary/aromatic N) is 4. The molecular formula is C25H28N4O4. The third-order valence-electron chi connectivity index (χ3n) is 6.37. The highest BCUT2D eigenvalue weighted by atomic mass is 16.5. The van der Waals surface area contributed by atoms with Crippen molar-refractivity contribution in [3.63, 3.8) is 0 Å². The molecule has 2 aliphatic rings. The van der Waals surface area contributed by atoms with E-state index >= 15 is 0 Å². The van der Waals surface area contributed by atoms with E-state index in [1.54, 1.807) is 24.1 Å². The average Bonchev–Trinajstić information content (AvgIpc) is 3.39.